The Bertz CT molecular complexity index is 1290. The van der Waals surface area contributed by atoms with Crippen LogP contribution in [0.25, 0.3) is 22.4 Å². The van der Waals surface area contributed by atoms with Crippen molar-refractivity contribution in [1.82, 2.24) is 4.98 Å². The Hall–Kier alpha value is -1.83. The standard InChI is InChI=1S/C36H49NO/c1-22(2)9-8-10-23(3)29-15-16-30-27-14-13-25-20-33-24(21-36(25,5)31(27)17-18-35(29,30)4)19-28-26-11-6-7-12-32(26)37-34(28)38-33/h6-7,11-12,19,22-23,25,27,29-31H,8-10,13-18,20-21H2,1-5H3/t23-,25?,27+,29-,30+,31+,35-,36+/m1/s1. The molecule has 0 amide bonds. The minimum atomic E-state index is 0.414. The number of nitrogens with zero attached hydrogens (tertiary/aromatic N) is 1. The summed E-state index contributed by atoms with van der Waals surface area (Å²) in [5, 5.41) is 1.25. The van der Waals surface area contributed by atoms with Crippen LogP contribution in [0.2, 0.25) is 0 Å². The zero-order valence-electron chi connectivity index (χ0n) is 24.6. The van der Waals surface area contributed by atoms with Gasteiger partial charge < -0.3 is 4.42 Å². The normalized spacial score (nSPS) is 37.2. The van der Waals surface area contributed by atoms with E-state index in [4.69, 9.17) is 9.40 Å². The Morgan fingerprint density at radius 1 is 0.947 bits per heavy atom. The quantitative estimate of drug-likeness (QED) is 0.340. The highest BCUT2D eigenvalue weighted by molar-refractivity contribution is 5.95. The van der Waals surface area contributed by atoms with Crippen molar-refractivity contribution in [1.29, 1.82) is 0 Å². The summed E-state index contributed by atoms with van der Waals surface area (Å²) in [4.78, 5) is 4.84. The SMILES string of the molecule is CC(C)CCC[C@@H](C)[C@H]1CC[C@H]2[C@@H]3CCC4Cc5oc6nc7ccccc7c-6cc5C[C@]4(C)[C@H]3CC[C@]12C. The van der Waals surface area contributed by atoms with Crippen LogP contribution in [0.15, 0.2) is 34.7 Å². The Balaban J connectivity index is 1.15. The van der Waals surface area contributed by atoms with E-state index in [1.165, 1.54) is 86.5 Å². The highest BCUT2D eigenvalue weighted by Crippen LogP contribution is 2.68. The van der Waals surface area contributed by atoms with Crippen LogP contribution in [-0.4, -0.2) is 4.98 Å². The molecule has 0 spiro atoms. The number of benzene rings is 1. The van der Waals surface area contributed by atoms with Gasteiger partial charge in [-0.2, -0.15) is 0 Å². The fourth-order valence-corrected chi connectivity index (χ4v) is 10.9. The first-order chi connectivity index (χ1) is 18.3. The van der Waals surface area contributed by atoms with Crippen LogP contribution >= 0.6 is 0 Å². The van der Waals surface area contributed by atoms with Crippen molar-refractivity contribution in [3.63, 3.8) is 0 Å². The number of aromatic nitrogens is 1. The minimum Gasteiger partial charge on any atom is -0.442 e. The third-order valence-electron chi connectivity index (χ3n) is 12.8. The topological polar surface area (TPSA) is 26.0 Å². The van der Waals surface area contributed by atoms with Gasteiger partial charge in [0.25, 0.3) is 0 Å². The summed E-state index contributed by atoms with van der Waals surface area (Å²) >= 11 is 0. The van der Waals surface area contributed by atoms with Gasteiger partial charge in [-0.1, -0.05) is 72.1 Å². The fraction of sp³-hybridized carbons (Fsp3) is 0.694. The zero-order valence-corrected chi connectivity index (χ0v) is 24.6. The van der Waals surface area contributed by atoms with Crippen LogP contribution in [0.1, 0.15) is 104 Å². The van der Waals surface area contributed by atoms with Crippen molar-refractivity contribution < 1.29 is 4.42 Å². The summed E-state index contributed by atoms with van der Waals surface area (Å²) in [6.45, 7) is 12.8. The van der Waals surface area contributed by atoms with Crippen LogP contribution in [0.4, 0.5) is 0 Å². The van der Waals surface area contributed by atoms with Crippen molar-refractivity contribution in [2.45, 2.75) is 105 Å². The second kappa shape index (κ2) is 9.10. The molecule has 2 aliphatic heterocycles. The third-order valence-corrected chi connectivity index (χ3v) is 12.8. The predicted octanol–water partition coefficient (Wildman–Crippen LogP) is 9.97. The maximum absolute atomic E-state index is 6.56. The molecule has 7 rings (SSSR count). The van der Waals surface area contributed by atoms with Crippen LogP contribution in [-0.2, 0) is 12.8 Å². The van der Waals surface area contributed by atoms with Crippen molar-refractivity contribution in [2.75, 3.05) is 0 Å². The number of rotatable bonds is 5. The molecule has 0 saturated heterocycles. The predicted molar refractivity (Wildman–Crippen MR) is 157 cm³/mol. The van der Waals surface area contributed by atoms with Gasteiger partial charge >= 0.3 is 0 Å². The van der Waals surface area contributed by atoms with Crippen LogP contribution in [0.5, 0.6) is 0 Å². The smallest absolute Gasteiger partial charge is 0.227 e. The number of fused-ring (bicyclic) bond motifs is 9. The Morgan fingerprint density at radius 2 is 1.76 bits per heavy atom. The van der Waals surface area contributed by atoms with Crippen molar-refractivity contribution >= 4 is 10.9 Å². The average Bonchev–Trinajstić information content (AvgIpc) is 3.42. The molecule has 0 N–H and O–H groups in total. The zero-order chi connectivity index (χ0) is 26.2. The van der Waals surface area contributed by atoms with E-state index in [2.05, 4.69) is 65.0 Å². The lowest BCUT2D eigenvalue weighted by Gasteiger charge is -2.60. The molecule has 3 fully saturated rings. The van der Waals surface area contributed by atoms with Gasteiger partial charge in [-0.25, -0.2) is 4.98 Å². The molecule has 2 nitrogen and oxygen atoms in total. The summed E-state index contributed by atoms with van der Waals surface area (Å²) in [5.74, 6) is 8.30. The molecule has 8 atom stereocenters. The summed E-state index contributed by atoms with van der Waals surface area (Å²) in [5.41, 5.74) is 4.76. The summed E-state index contributed by atoms with van der Waals surface area (Å²) in [6, 6.07) is 11.0. The molecule has 3 saturated carbocycles. The van der Waals surface area contributed by atoms with Gasteiger partial charge in [0.05, 0.1) is 5.52 Å². The molecular formula is C36H49NO. The lowest BCUT2D eigenvalue weighted by atomic mass is 9.44. The first-order valence-electron chi connectivity index (χ1n) is 16.1. The second-order valence-electron chi connectivity index (χ2n) is 15.1. The fourth-order valence-electron chi connectivity index (χ4n) is 10.9. The molecule has 0 radical (unpaired) electrons. The highest BCUT2D eigenvalue weighted by Gasteiger charge is 2.60. The molecular weight excluding hydrogens is 462 g/mol. The first kappa shape index (κ1) is 25.2. The number of hydrogen-bond acceptors (Lipinski definition) is 2. The third kappa shape index (κ3) is 3.75. The second-order valence-corrected chi connectivity index (χ2v) is 15.1. The van der Waals surface area contributed by atoms with E-state index in [0.717, 1.165) is 59.3 Å². The lowest BCUT2D eigenvalue weighted by Crippen LogP contribution is -2.54. The van der Waals surface area contributed by atoms with E-state index in [1.807, 2.05) is 0 Å². The van der Waals surface area contributed by atoms with Crippen molar-refractivity contribution in [3.8, 4) is 11.5 Å². The van der Waals surface area contributed by atoms with Gasteiger partial charge in [0.2, 0.25) is 5.89 Å². The molecule has 4 aliphatic carbocycles. The molecule has 1 aromatic rings. The average molecular weight is 512 g/mol. The van der Waals surface area contributed by atoms with E-state index >= 15 is 0 Å². The molecule has 0 bridgehead atoms. The van der Waals surface area contributed by atoms with Crippen LogP contribution in [0, 0.1) is 52.3 Å². The van der Waals surface area contributed by atoms with E-state index in [0.29, 0.717) is 10.8 Å². The molecule has 2 heteroatoms. The molecule has 6 aliphatic rings. The van der Waals surface area contributed by atoms with E-state index in [-0.39, 0.29) is 0 Å². The Morgan fingerprint density at radius 3 is 2.61 bits per heavy atom. The Kier molecular flexibility index (Phi) is 6.03. The number of para-hydroxylation sites is 1. The molecule has 2 heterocycles. The van der Waals surface area contributed by atoms with Crippen LogP contribution in [0.3, 0.4) is 0 Å². The van der Waals surface area contributed by atoms with E-state index < -0.39 is 0 Å². The molecule has 1 aromatic carbocycles. The lowest BCUT2D eigenvalue weighted by molar-refractivity contribution is -0.105. The maximum Gasteiger partial charge on any atom is 0.227 e. The van der Waals surface area contributed by atoms with Crippen LogP contribution < -0.4 is 0 Å². The largest absolute Gasteiger partial charge is 0.442 e. The van der Waals surface area contributed by atoms with E-state index in [9.17, 15) is 0 Å². The minimum absolute atomic E-state index is 0.414. The monoisotopic (exact) mass is 511 g/mol. The molecule has 0 aromatic heterocycles. The summed E-state index contributed by atoms with van der Waals surface area (Å²) in [7, 11) is 0. The molecule has 38 heavy (non-hydrogen) atoms. The van der Waals surface area contributed by atoms with E-state index in [1.54, 1.807) is 0 Å². The maximum atomic E-state index is 6.56. The van der Waals surface area contributed by atoms with Gasteiger partial charge in [0, 0.05) is 17.4 Å². The summed E-state index contributed by atoms with van der Waals surface area (Å²) < 4.78 is 6.56. The van der Waals surface area contributed by atoms with Crippen molar-refractivity contribution in [2.24, 2.45) is 52.3 Å². The number of hydrogen-bond donors (Lipinski definition) is 0. The van der Waals surface area contributed by atoms with Gasteiger partial charge in [-0.05, 0) is 115 Å². The van der Waals surface area contributed by atoms with Crippen molar-refractivity contribution in [3.05, 3.63) is 41.7 Å². The highest BCUT2D eigenvalue weighted by atomic mass is 16.3. The first-order valence-corrected chi connectivity index (χ1v) is 16.1. The van der Waals surface area contributed by atoms with Gasteiger partial charge in [0.15, 0.2) is 0 Å². The Labute approximate surface area is 230 Å². The van der Waals surface area contributed by atoms with Gasteiger partial charge in [-0.15, -0.1) is 0 Å². The molecule has 1 unspecified atom stereocenters. The van der Waals surface area contributed by atoms with Gasteiger partial charge in [0.1, 0.15) is 5.76 Å². The molecule has 204 valence electrons. The van der Waals surface area contributed by atoms with Gasteiger partial charge in [-0.3, -0.25) is 0 Å². The summed E-state index contributed by atoms with van der Waals surface area (Å²) in [6.07, 6.45) is 15.3.